The van der Waals surface area contributed by atoms with E-state index in [1.165, 1.54) is 44.9 Å². The van der Waals surface area contributed by atoms with Gasteiger partial charge in [-0.15, -0.1) is 0 Å². The minimum absolute atomic E-state index is 1.05. The maximum absolute atomic E-state index is 3.72. The first-order chi connectivity index (χ1) is 6.76. The van der Waals surface area contributed by atoms with Crippen LogP contribution < -0.4 is 0 Å². The van der Waals surface area contributed by atoms with Crippen LogP contribution in [0, 0.1) is 18.8 Å². The third-order valence-electron chi connectivity index (χ3n) is 3.31. The highest BCUT2D eigenvalue weighted by atomic mass is 14.3. The van der Waals surface area contributed by atoms with E-state index in [2.05, 4.69) is 27.7 Å². The molecule has 0 heteroatoms. The van der Waals surface area contributed by atoms with E-state index in [-0.39, 0.29) is 0 Å². The molecule has 0 N–H and O–H groups in total. The Hall–Kier alpha value is 0. The summed E-state index contributed by atoms with van der Waals surface area (Å²) < 4.78 is 0. The molecular formula is C14H29. The van der Waals surface area contributed by atoms with Gasteiger partial charge >= 0.3 is 0 Å². The smallest absolute Gasteiger partial charge is 0.0388 e. The summed E-state index contributed by atoms with van der Waals surface area (Å²) in [5.41, 5.74) is 0. The zero-order valence-corrected chi connectivity index (χ0v) is 10.5. The van der Waals surface area contributed by atoms with Gasteiger partial charge in [-0.1, -0.05) is 72.6 Å². The molecule has 0 saturated heterocycles. The van der Waals surface area contributed by atoms with E-state index in [9.17, 15) is 0 Å². The molecule has 2 unspecified atom stereocenters. The van der Waals surface area contributed by atoms with Crippen LogP contribution in [0.25, 0.3) is 0 Å². The van der Waals surface area contributed by atoms with Crippen molar-refractivity contribution in [3.63, 3.8) is 0 Å². The zero-order valence-electron chi connectivity index (χ0n) is 10.5. The van der Waals surface area contributed by atoms with Crippen molar-refractivity contribution in [3.05, 3.63) is 6.92 Å². The van der Waals surface area contributed by atoms with Crippen molar-refractivity contribution in [2.45, 2.75) is 72.1 Å². The fraction of sp³-hybridized carbons (Fsp3) is 0.929. The summed E-state index contributed by atoms with van der Waals surface area (Å²) in [4.78, 5) is 0. The van der Waals surface area contributed by atoms with Gasteiger partial charge in [0.25, 0.3) is 0 Å². The lowest BCUT2D eigenvalue weighted by atomic mass is 9.73. The van der Waals surface area contributed by atoms with Gasteiger partial charge in [-0.3, -0.25) is 0 Å². The van der Waals surface area contributed by atoms with Gasteiger partial charge in [0.1, 0.15) is 0 Å². The highest BCUT2D eigenvalue weighted by molar-refractivity contribution is 4.76. The summed E-state index contributed by atoms with van der Waals surface area (Å²) >= 11 is 0. The molecular weight excluding hydrogens is 168 g/mol. The summed E-state index contributed by atoms with van der Waals surface area (Å²) in [5, 5.41) is 0. The molecule has 0 aromatic carbocycles. The molecule has 1 fully saturated rings. The fourth-order valence-electron chi connectivity index (χ4n) is 1.96. The van der Waals surface area contributed by atoms with Crippen LogP contribution in [0.2, 0.25) is 0 Å². The normalized spacial score (nSPS) is 24.9. The quantitative estimate of drug-likeness (QED) is 0.529. The van der Waals surface area contributed by atoms with Crippen LogP contribution in [0.4, 0.5) is 0 Å². The SMILES string of the molecule is CCCC1CCC1C.[CH2]CCCCC. The highest BCUT2D eigenvalue weighted by Crippen LogP contribution is 2.36. The van der Waals surface area contributed by atoms with Crippen molar-refractivity contribution in [1.82, 2.24) is 0 Å². The van der Waals surface area contributed by atoms with E-state index in [4.69, 9.17) is 0 Å². The lowest BCUT2D eigenvalue weighted by molar-refractivity contribution is 0.182. The minimum atomic E-state index is 1.05. The van der Waals surface area contributed by atoms with E-state index in [0.29, 0.717) is 0 Å². The maximum Gasteiger partial charge on any atom is -0.0388 e. The van der Waals surface area contributed by atoms with Crippen LogP contribution in [0.3, 0.4) is 0 Å². The molecule has 0 aliphatic heterocycles. The Morgan fingerprint density at radius 1 is 1.07 bits per heavy atom. The summed E-state index contributed by atoms with van der Waals surface area (Å²) in [6.45, 7) is 10.6. The molecule has 2 atom stereocenters. The molecule has 14 heavy (non-hydrogen) atoms. The van der Waals surface area contributed by atoms with Crippen LogP contribution in [-0.2, 0) is 0 Å². The van der Waals surface area contributed by atoms with Gasteiger partial charge in [-0.25, -0.2) is 0 Å². The Morgan fingerprint density at radius 3 is 1.93 bits per heavy atom. The molecule has 0 amide bonds. The average Bonchev–Trinajstić information content (AvgIpc) is 2.21. The first kappa shape index (κ1) is 14.0. The Morgan fingerprint density at radius 2 is 1.79 bits per heavy atom. The molecule has 1 radical (unpaired) electrons. The molecule has 0 aromatic heterocycles. The molecule has 85 valence electrons. The monoisotopic (exact) mass is 197 g/mol. The van der Waals surface area contributed by atoms with Crippen LogP contribution in [0.1, 0.15) is 72.1 Å². The zero-order chi connectivity index (χ0) is 10.8. The Balaban J connectivity index is 0.000000255. The molecule has 0 heterocycles. The summed E-state index contributed by atoms with van der Waals surface area (Å²) in [6.07, 6.45) is 10.9. The molecule has 0 bridgehead atoms. The third kappa shape index (κ3) is 6.45. The van der Waals surface area contributed by atoms with Crippen LogP contribution >= 0.6 is 0 Å². The topological polar surface area (TPSA) is 0 Å². The van der Waals surface area contributed by atoms with Crippen molar-refractivity contribution in [1.29, 1.82) is 0 Å². The molecule has 0 aromatic rings. The Bertz CT molecular complexity index is 103. The first-order valence-corrected chi connectivity index (χ1v) is 6.55. The summed E-state index contributed by atoms with van der Waals surface area (Å²) in [6, 6.07) is 0. The van der Waals surface area contributed by atoms with E-state index >= 15 is 0 Å². The minimum Gasteiger partial charge on any atom is -0.0654 e. The van der Waals surface area contributed by atoms with Gasteiger partial charge in [0, 0.05) is 0 Å². The largest absolute Gasteiger partial charge is 0.0654 e. The molecule has 1 aliphatic rings. The van der Waals surface area contributed by atoms with Crippen molar-refractivity contribution >= 4 is 0 Å². The first-order valence-electron chi connectivity index (χ1n) is 6.55. The average molecular weight is 197 g/mol. The van der Waals surface area contributed by atoms with Gasteiger partial charge in [-0.05, 0) is 18.3 Å². The molecule has 1 aliphatic carbocycles. The Labute approximate surface area is 91.5 Å². The molecule has 1 saturated carbocycles. The van der Waals surface area contributed by atoms with E-state index < -0.39 is 0 Å². The van der Waals surface area contributed by atoms with Gasteiger partial charge < -0.3 is 0 Å². The molecule has 0 nitrogen and oxygen atoms in total. The van der Waals surface area contributed by atoms with Crippen molar-refractivity contribution in [2.24, 2.45) is 11.8 Å². The standard InChI is InChI=1S/C8H16.C6H13/c1-3-4-8-6-5-7(8)2;1-3-5-6-4-2/h7-8H,3-6H2,1-2H3;1,3-6H2,2H3. The predicted octanol–water partition coefficient (Wildman–Crippen LogP) is 5.23. The van der Waals surface area contributed by atoms with E-state index in [0.717, 1.165) is 18.3 Å². The predicted molar refractivity (Wildman–Crippen MR) is 66.3 cm³/mol. The van der Waals surface area contributed by atoms with Gasteiger partial charge in [0.05, 0.1) is 0 Å². The van der Waals surface area contributed by atoms with Gasteiger partial charge in [0.2, 0.25) is 0 Å². The second-order valence-corrected chi connectivity index (χ2v) is 4.66. The van der Waals surface area contributed by atoms with Crippen LogP contribution in [-0.4, -0.2) is 0 Å². The highest BCUT2D eigenvalue weighted by Gasteiger charge is 2.24. The van der Waals surface area contributed by atoms with Crippen molar-refractivity contribution < 1.29 is 0 Å². The molecule has 0 spiro atoms. The number of unbranched alkanes of at least 4 members (excludes halogenated alkanes) is 3. The van der Waals surface area contributed by atoms with Crippen LogP contribution in [0.15, 0.2) is 0 Å². The van der Waals surface area contributed by atoms with Crippen molar-refractivity contribution in [3.8, 4) is 0 Å². The van der Waals surface area contributed by atoms with Crippen molar-refractivity contribution in [2.75, 3.05) is 0 Å². The third-order valence-corrected chi connectivity index (χ3v) is 3.31. The number of hydrogen-bond donors (Lipinski definition) is 0. The number of hydrogen-bond acceptors (Lipinski definition) is 0. The lowest BCUT2D eigenvalue weighted by Gasteiger charge is -2.33. The Kier molecular flexibility index (Phi) is 9.55. The van der Waals surface area contributed by atoms with E-state index in [1.807, 2.05) is 0 Å². The van der Waals surface area contributed by atoms with Gasteiger partial charge in [-0.2, -0.15) is 0 Å². The molecule has 1 rings (SSSR count). The van der Waals surface area contributed by atoms with Crippen LogP contribution in [0.5, 0.6) is 0 Å². The fourth-order valence-corrected chi connectivity index (χ4v) is 1.96. The lowest BCUT2D eigenvalue weighted by Crippen LogP contribution is -2.22. The summed E-state index contributed by atoms with van der Waals surface area (Å²) in [5.74, 6) is 2.15. The number of rotatable bonds is 5. The van der Waals surface area contributed by atoms with Gasteiger partial charge in [0.15, 0.2) is 0 Å². The second kappa shape index (κ2) is 9.55. The maximum atomic E-state index is 3.72. The second-order valence-electron chi connectivity index (χ2n) is 4.66. The summed E-state index contributed by atoms with van der Waals surface area (Å²) in [7, 11) is 0. The van der Waals surface area contributed by atoms with E-state index in [1.54, 1.807) is 0 Å².